The number of benzene rings is 1. The Kier molecular flexibility index (Phi) is 4.00. The van der Waals surface area contributed by atoms with Crippen molar-refractivity contribution in [1.82, 2.24) is 4.98 Å². The van der Waals surface area contributed by atoms with Crippen LogP contribution in [0.5, 0.6) is 0 Å². The minimum absolute atomic E-state index is 0.163. The second-order valence-corrected chi connectivity index (χ2v) is 6.28. The first-order valence-corrected chi connectivity index (χ1v) is 7.30. The molecule has 0 bridgehead atoms. The number of hydrogen-bond donors (Lipinski definition) is 0. The van der Waals surface area contributed by atoms with E-state index >= 15 is 0 Å². The smallest absolute Gasteiger partial charge is 0.150 e. The fourth-order valence-electron chi connectivity index (χ4n) is 1.19. The van der Waals surface area contributed by atoms with Crippen molar-refractivity contribution >= 4 is 39.0 Å². The standard InChI is InChI=1S/C11H9BrFNS2/c1-7-5-15-11(14-7)16-6-8-4-9(12)2-3-10(8)13/h2-5H,6H2,1H3. The van der Waals surface area contributed by atoms with Crippen LogP contribution < -0.4 is 0 Å². The summed E-state index contributed by atoms with van der Waals surface area (Å²) in [6, 6.07) is 4.99. The predicted molar refractivity (Wildman–Crippen MR) is 70.5 cm³/mol. The van der Waals surface area contributed by atoms with Crippen LogP contribution in [-0.2, 0) is 5.75 Å². The minimum atomic E-state index is -0.163. The third-order valence-corrected chi connectivity index (χ3v) is 4.64. The molecule has 2 aromatic rings. The van der Waals surface area contributed by atoms with Gasteiger partial charge in [0.15, 0.2) is 0 Å². The highest BCUT2D eigenvalue weighted by molar-refractivity contribution is 9.10. The summed E-state index contributed by atoms with van der Waals surface area (Å²) < 4.78 is 15.3. The topological polar surface area (TPSA) is 12.9 Å². The van der Waals surface area contributed by atoms with Gasteiger partial charge in [-0.25, -0.2) is 9.37 Å². The third-order valence-electron chi connectivity index (χ3n) is 1.96. The first-order valence-electron chi connectivity index (χ1n) is 4.64. The minimum Gasteiger partial charge on any atom is -0.235 e. The van der Waals surface area contributed by atoms with Gasteiger partial charge in [0.1, 0.15) is 10.2 Å². The largest absolute Gasteiger partial charge is 0.235 e. The monoisotopic (exact) mass is 317 g/mol. The van der Waals surface area contributed by atoms with Crippen molar-refractivity contribution in [2.45, 2.75) is 17.0 Å². The number of thiazole rings is 1. The third kappa shape index (κ3) is 3.06. The van der Waals surface area contributed by atoms with Gasteiger partial charge in [0.25, 0.3) is 0 Å². The van der Waals surface area contributed by atoms with E-state index in [1.165, 1.54) is 6.07 Å². The maximum atomic E-state index is 13.4. The van der Waals surface area contributed by atoms with Gasteiger partial charge in [-0.1, -0.05) is 27.7 Å². The summed E-state index contributed by atoms with van der Waals surface area (Å²) in [5.74, 6) is 0.446. The van der Waals surface area contributed by atoms with Crippen LogP contribution in [0.25, 0.3) is 0 Å². The second kappa shape index (κ2) is 5.29. The van der Waals surface area contributed by atoms with E-state index in [1.54, 1.807) is 29.2 Å². The zero-order chi connectivity index (χ0) is 11.5. The molecule has 1 aromatic heterocycles. The molecule has 1 nitrogen and oxygen atoms in total. The van der Waals surface area contributed by atoms with Crippen molar-refractivity contribution in [1.29, 1.82) is 0 Å². The molecule has 1 heterocycles. The number of halogens is 2. The molecule has 0 saturated heterocycles. The van der Waals surface area contributed by atoms with E-state index in [-0.39, 0.29) is 5.82 Å². The molecule has 16 heavy (non-hydrogen) atoms. The number of nitrogens with zero attached hydrogens (tertiary/aromatic N) is 1. The molecule has 0 saturated carbocycles. The second-order valence-electron chi connectivity index (χ2n) is 3.28. The van der Waals surface area contributed by atoms with E-state index in [9.17, 15) is 4.39 Å². The lowest BCUT2D eigenvalue weighted by molar-refractivity contribution is 0.617. The van der Waals surface area contributed by atoms with Crippen molar-refractivity contribution < 1.29 is 4.39 Å². The van der Waals surface area contributed by atoms with Crippen molar-refractivity contribution in [3.05, 3.63) is 45.1 Å². The fraction of sp³-hybridized carbons (Fsp3) is 0.182. The summed E-state index contributed by atoms with van der Waals surface area (Å²) in [5, 5.41) is 2.00. The van der Waals surface area contributed by atoms with Gasteiger partial charge in [-0.15, -0.1) is 11.3 Å². The molecular formula is C11H9BrFNS2. The Labute approximate surface area is 110 Å². The summed E-state index contributed by atoms with van der Waals surface area (Å²) in [6.07, 6.45) is 0. The lowest BCUT2D eigenvalue weighted by atomic mass is 10.2. The maximum absolute atomic E-state index is 13.4. The van der Waals surface area contributed by atoms with Gasteiger partial charge in [-0.2, -0.15) is 0 Å². The highest BCUT2D eigenvalue weighted by Crippen LogP contribution is 2.28. The Morgan fingerprint density at radius 1 is 1.50 bits per heavy atom. The number of hydrogen-bond acceptors (Lipinski definition) is 3. The molecule has 0 unspecified atom stereocenters. The molecular weight excluding hydrogens is 309 g/mol. The molecule has 0 radical (unpaired) electrons. The van der Waals surface area contributed by atoms with Crippen molar-refractivity contribution in [3.63, 3.8) is 0 Å². The lowest BCUT2D eigenvalue weighted by Gasteiger charge is -2.01. The number of aromatic nitrogens is 1. The molecule has 0 atom stereocenters. The number of rotatable bonds is 3. The van der Waals surface area contributed by atoms with Crippen LogP contribution in [0.3, 0.4) is 0 Å². The highest BCUT2D eigenvalue weighted by atomic mass is 79.9. The molecule has 0 aliphatic heterocycles. The van der Waals surface area contributed by atoms with Crippen LogP contribution in [0.2, 0.25) is 0 Å². The van der Waals surface area contributed by atoms with Crippen molar-refractivity contribution in [3.8, 4) is 0 Å². The average Bonchev–Trinajstić information content (AvgIpc) is 2.66. The highest BCUT2D eigenvalue weighted by Gasteiger charge is 2.05. The van der Waals surface area contributed by atoms with E-state index in [0.717, 1.165) is 14.5 Å². The van der Waals surface area contributed by atoms with Crippen molar-refractivity contribution in [2.24, 2.45) is 0 Å². The molecule has 0 spiro atoms. The van der Waals surface area contributed by atoms with Gasteiger partial charge in [-0.3, -0.25) is 0 Å². The van der Waals surface area contributed by atoms with E-state index in [0.29, 0.717) is 11.3 Å². The molecule has 2 rings (SSSR count). The van der Waals surface area contributed by atoms with Crippen LogP contribution >= 0.6 is 39.0 Å². The van der Waals surface area contributed by atoms with E-state index < -0.39 is 0 Å². The molecule has 5 heteroatoms. The molecule has 0 aliphatic carbocycles. The Balaban J connectivity index is 2.07. The summed E-state index contributed by atoms with van der Waals surface area (Å²) in [7, 11) is 0. The van der Waals surface area contributed by atoms with Gasteiger partial charge in [0.2, 0.25) is 0 Å². The zero-order valence-corrected chi connectivity index (χ0v) is 11.8. The molecule has 0 amide bonds. The SMILES string of the molecule is Cc1csc(SCc2cc(Br)ccc2F)n1. The Morgan fingerprint density at radius 3 is 3.00 bits per heavy atom. The molecule has 0 N–H and O–H groups in total. The summed E-state index contributed by atoms with van der Waals surface area (Å²) >= 11 is 6.50. The van der Waals surface area contributed by atoms with Crippen LogP contribution in [0.4, 0.5) is 4.39 Å². The molecule has 0 fully saturated rings. The van der Waals surface area contributed by atoms with Crippen LogP contribution in [-0.4, -0.2) is 4.98 Å². The van der Waals surface area contributed by atoms with Gasteiger partial charge < -0.3 is 0 Å². The number of aryl methyl sites for hydroxylation is 1. The van der Waals surface area contributed by atoms with Gasteiger partial charge in [0.05, 0.1) is 0 Å². The summed E-state index contributed by atoms with van der Waals surface area (Å²) in [6.45, 7) is 1.96. The van der Waals surface area contributed by atoms with Crippen LogP contribution in [0, 0.1) is 12.7 Å². The van der Waals surface area contributed by atoms with Crippen molar-refractivity contribution in [2.75, 3.05) is 0 Å². The van der Waals surface area contributed by atoms with Gasteiger partial charge >= 0.3 is 0 Å². The van der Waals surface area contributed by atoms with Gasteiger partial charge in [0, 0.05) is 21.3 Å². The first-order chi connectivity index (χ1) is 7.65. The van der Waals surface area contributed by atoms with Crippen LogP contribution in [0.15, 0.2) is 32.4 Å². The van der Waals surface area contributed by atoms with Gasteiger partial charge in [-0.05, 0) is 30.7 Å². The molecule has 0 aliphatic rings. The average molecular weight is 318 g/mol. The summed E-state index contributed by atoms with van der Waals surface area (Å²) in [4.78, 5) is 4.33. The Hall–Kier alpha value is -0.390. The Bertz CT molecular complexity index is 498. The first kappa shape index (κ1) is 12.1. The van der Waals surface area contributed by atoms with Crippen LogP contribution in [0.1, 0.15) is 11.3 Å². The number of thioether (sulfide) groups is 1. The molecule has 1 aromatic carbocycles. The van der Waals surface area contributed by atoms with E-state index in [2.05, 4.69) is 20.9 Å². The lowest BCUT2D eigenvalue weighted by Crippen LogP contribution is -1.87. The van der Waals surface area contributed by atoms with E-state index in [4.69, 9.17) is 0 Å². The predicted octanol–water partition coefficient (Wildman–Crippen LogP) is 4.65. The Morgan fingerprint density at radius 2 is 2.31 bits per heavy atom. The normalized spacial score (nSPS) is 10.7. The fourth-order valence-corrected chi connectivity index (χ4v) is 3.42. The quantitative estimate of drug-likeness (QED) is 0.764. The maximum Gasteiger partial charge on any atom is 0.150 e. The summed E-state index contributed by atoms with van der Waals surface area (Å²) in [5.41, 5.74) is 1.72. The van der Waals surface area contributed by atoms with E-state index in [1.807, 2.05) is 18.4 Å². The zero-order valence-electron chi connectivity index (χ0n) is 8.54. The molecule has 84 valence electrons.